The predicted molar refractivity (Wildman–Crippen MR) is 115 cm³/mol. The summed E-state index contributed by atoms with van der Waals surface area (Å²) in [6, 6.07) is 11.6. The first-order valence-corrected chi connectivity index (χ1v) is 11.0. The molecule has 4 rings (SSSR count). The Morgan fingerprint density at radius 3 is 2.70 bits per heavy atom. The average molecular weight is 425 g/mol. The molecule has 156 valence electrons. The molecule has 0 radical (unpaired) electrons. The summed E-state index contributed by atoms with van der Waals surface area (Å²) in [7, 11) is 1.63. The second-order valence-electron chi connectivity index (χ2n) is 7.26. The zero-order valence-electron chi connectivity index (χ0n) is 17.1. The average Bonchev–Trinajstić information content (AvgIpc) is 3.28. The van der Waals surface area contributed by atoms with Gasteiger partial charge in [0.2, 0.25) is 11.7 Å². The van der Waals surface area contributed by atoms with Gasteiger partial charge in [-0.05, 0) is 62.6 Å². The fraction of sp³-hybridized carbons (Fsp3) is 0.364. The van der Waals surface area contributed by atoms with Crippen LogP contribution in [0.1, 0.15) is 26.2 Å². The Balaban J connectivity index is 1.37. The summed E-state index contributed by atoms with van der Waals surface area (Å²) in [5.74, 6) is 2.27. The van der Waals surface area contributed by atoms with E-state index in [1.165, 1.54) is 18.2 Å². The molecule has 1 fully saturated rings. The normalized spacial score (nSPS) is 16.5. The van der Waals surface area contributed by atoms with Crippen LogP contribution in [0.5, 0.6) is 5.75 Å². The van der Waals surface area contributed by atoms with Gasteiger partial charge in [-0.2, -0.15) is 4.98 Å². The smallest absolute Gasteiger partial charge is 0.259 e. The zero-order chi connectivity index (χ0) is 20.9. The highest BCUT2D eigenvalue weighted by Crippen LogP contribution is 2.25. The summed E-state index contributed by atoms with van der Waals surface area (Å²) in [4.78, 5) is 23.4. The lowest BCUT2D eigenvalue weighted by Gasteiger charge is -2.33. The number of nitrogens with zero attached hydrogens (tertiary/aromatic N) is 4. The van der Waals surface area contributed by atoms with Crippen molar-refractivity contribution in [3.8, 4) is 28.6 Å². The third-order valence-corrected chi connectivity index (χ3v) is 6.15. The summed E-state index contributed by atoms with van der Waals surface area (Å²) in [5, 5.41) is 4.85. The maximum absolute atomic E-state index is 12.5. The topological polar surface area (TPSA) is 81.4 Å². The molecule has 3 heterocycles. The van der Waals surface area contributed by atoms with Crippen molar-refractivity contribution in [1.29, 1.82) is 0 Å². The van der Waals surface area contributed by atoms with Crippen molar-refractivity contribution in [3.05, 3.63) is 42.6 Å². The summed E-state index contributed by atoms with van der Waals surface area (Å²) < 4.78 is 10.6. The number of thioether (sulfide) groups is 1. The Bertz CT molecular complexity index is 988. The molecule has 0 saturated carbocycles. The molecule has 1 aromatic carbocycles. The van der Waals surface area contributed by atoms with E-state index in [4.69, 9.17) is 9.26 Å². The van der Waals surface area contributed by atoms with Crippen molar-refractivity contribution in [3.63, 3.8) is 0 Å². The lowest BCUT2D eigenvalue weighted by atomic mass is 10.0. The van der Waals surface area contributed by atoms with Gasteiger partial charge in [0.1, 0.15) is 5.75 Å². The van der Waals surface area contributed by atoms with Crippen LogP contribution >= 0.6 is 11.8 Å². The van der Waals surface area contributed by atoms with Crippen molar-refractivity contribution in [1.82, 2.24) is 20.0 Å². The van der Waals surface area contributed by atoms with Gasteiger partial charge >= 0.3 is 0 Å². The van der Waals surface area contributed by atoms with Gasteiger partial charge in [-0.3, -0.25) is 4.79 Å². The predicted octanol–water partition coefficient (Wildman–Crippen LogP) is 4.30. The highest BCUT2D eigenvalue weighted by molar-refractivity contribution is 7.99. The molecule has 1 aliphatic heterocycles. The Hall–Kier alpha value is -2.87. The standard InChI is InChI=1S/C22H24N4O3S/c1-15-5-3-4-12-26(15)20(27)14-30-19-11-8-17(13-23-19)22-24-21(25-29-22)16-6-9-18(28-2)10-7-16/h6-11,13,15H,3-5,12,14H2,1-2H3/t15-/m1/s1. The van der Waals surface area contributed by atoms with Crippen molar-refractivity contribution < 1.29 is 14.1 Å². The lowest BCUT2D eigenvalue weighted by Crippen LogP contribution is -2.42. The molecular weight excluding hydrogens is 400 g/mol. The minimum absolute atomic E-state index is 0.180. The van der Waals surface area contributed by atoms with Gasteiger partial charge in [-0.25, -0.2) is 4.98 Å². The van der Waals surface area contributed by atoms with Crippen LogP contribution in [0.25, 0.3) is 22.8 Å². The summed E-state index contributed by atoms with van der Waals surface area (Å²) in [5.41, 5.74) is 1.58. The van der Waals surface area contributed by atoms with E-state index in [1.54, 1.807) is 13.3 Å². The highest BCUT2D eigenvalue weighted by atomic mass is 32.2. The maximum atomic E-state index is 12.5. The van der Waals surface area contributed by atoms with E-state index < -0.39 is 0 Å². The van der Waals surface area contributed by atoms with Crippen LogP contribution in [-0.4, -0.2) is 51.4 Å². The third-order valence-electron chi connectivity index (χ3n) is 5.22. The Morgan fingerprint density at radius 1 is 1.20 bits per heavy atom. The van der Waals surface area contributed by atoms with Crippen LogP contribution < -0.4 is 4.74 Å². The highest BCUT2D eigenvalue weighted by Gasteiger charge is 2.23. The largest absolute Gasteiger partial charge is 0.497 e. The number of amides is 1. The molecule has 3 aromatic rings. The molecule has 30 heavy (non-hydrogen) atoms. The van der Waals surface area contributed by atoms with Gasteiger partial charge in [0, 0.05) is 24.3 Å². The van der Waals surface area contributed by atoms with E-state index in [-0.39, 0.29) is 5.91 Å². The van der Waals surface area contributed by atoms with Crippen LogP contribution in [0.4, 0.5) is 0 Å². The van der Waals surface area contributed by atoms with E-state index in [2.05, 4.69) is 22.0 Å². The number of benzene rings is 1. The van der Waals surface area contributed by atoms with Gasteiger partial charge in [-0.15, -0.1) is 0 Å². The van der Waals surface area contributed by atoms with E-state index in [1.807, 2.05) is 41.3 Å². The summed E-state index contributed by atoms with van der Waals surface area (Å²) in [6.45, 7) is 2.99. The number of hydrogen-bond acceptors (Lipinski definition) is 7. The number of piperidine rings is 1. The van der Waals surface area contributed by atoms with Crippen LogP contribution in [0.15, 0.2) is 52.1 Å². The van der Waals surface area contributed by atoms with E-state index >= 15 is 0 Å². The minimum Gasteiger partial charge on any atom is -0.497 e. The molecule has 0 spiro atoms. The van der Waals surface area contributed by atoms with Crippen LogP contribution in [0, 0.1) is 0 Å². The van der Waals surface area contributed by atoms with Crippen molar-refractivity contribution in [2.45, 2.75) is 37.3 Å². The number of hydrogen-bond donors (Lipinski definition) is 0. The van der Waals surface area contributed by atoms with Crippen LogP contribution in [0.2, 0.25) is 0 Å². The molecule has 1 saturated heterocycles. The molecule has 2 aromatic heterocycles. The van der Waals surface area contributed by atoms with E-state index in [0.29, 0.717) is 23.5 Å². The van der Waals surface area contributed by atoms with Gasteiger partial charge in [0.25, 0.3) is 5.89 Å². The third kappa shape index (κ3) is 4.64. The fourth-order valence-corrected chi connectivity index (χ4v) is 4.21. The SMILES string of the molecule is COc1ccc(-c2noc(-c3ccc(SCC(=O)N4CCCC[C@H]4C)nc3)n2)cc1. The van der Waals surface area contributed by atoms with Gasteiger partial charge in [-0.1, -0.05) is 16.9 Å². The molecular formula is C22H24N4O3S. The van der Waals surface area contributed by atoms with E-state index in [0.717, 1.165) is 41.3 Å². The second kappa shape index (κ2) is 9.30. The minimum atomic E-state index is 0.180. The molecule has 1 aliphatic rings. The molecule has 1 atom stereocenters. The number of ether oxygens (including phenoxy) is 1. The summed E-state index contributed by atoms with van der Waals surface area (Å²) >= 11 is 1.45. The van der Waals surface area contributed by atoms with Gasteiger partial charge in [0.15, 0.2) is 0 Å². The first-order valence-electron chi connectivity index (χ1n) is 10.0. The van der Waals surface area contributed by atoms with Gasteiger partial charge in [0.05, 0.1) is 23.5 Å². The lowest BCUT2D eigenvalue weighted by molar-refractivity contribution is -0.131. The molecule has 1 amide bonds. The Kier molecular flexibility index (Phi) is 6.32. The number of methoxy groups -OCH3 is 1. The van der Waals surface area contributed by atoms with Crippen molar-refractivity contribution in [2.24, 2.45) is 0 Å². The van der Waals surface area contributed by atoms with Crippen molar-refractivity contribution >= 4 is 17.7 Å². The molecule has 7 nitrogen and oxygen atoms in total. The molecule has 0 aliphatic carbocycles. The molecule has 8 heteroatoms. The van der Waals surface area contributed by atoms with E-state index in [9.17, 15) is 4.79 Å². The number of likely N-dealkylation sites (tertiary alicyclic amines) is 1. The number of aromatic nitrogens is 3. The Morgan fingerprint density at radius 2 is 2.00 bits per heavy atom. The second-order valence-corrected chi connectivity index (χ2v) is 8.25. The monoisotopic (exact) mass is 424 g/mol. The number of carbonyl (C=O) groups excluding carboxylic acids is 1. The molecule has 0 bridgehead atoms. The quantitative estimate of drug-likeness (QED) is 0.546. The first-order chi connectivity index (χ1) is 14.6. The van der Waals surface area contributed by atoms with Crippen molar-refractivity contribution in [2.75, 3.05) is 19.4 Å². The Labute approximate surface area is 179 Å². The number of pyridine rings is 1. The summed E-state index contributed by atoms with van der Waals surface area (Å²) in [6.07, 6.45) is 5.08. The number of carbonyl (C=O) groups is 1. The van der Waals surface area contributed by atoms with Gasteiger partial charge < -0.3 is 14.2 Å². The van der Waals surface area contributed by atoms with Crippen LogP contribution in [-0.2, 0) is 4.79 Å². The first kappa shape index (κ1) is 20.4. The van der Waals surface area contributed by atoms with Crippen LogP contribution in [0.3, 0.4) is 0 Å². The number of rotatable bonds is 6. The maximum Gasteiger partial charge on any atom is 0.259 e. The molecule has 0 unspecified atom stereocenters. The fourth-order valence-electron chi connectivity index (χ4n) is 3.48. The molecule has 0 N–H and O–H groups in total. The zero-order valence-corrected chi connectivity index (χ0v) is 17.9.